The van der Waals surface area contributed by atoms with E-state index in [1.165, 1.54) is 0 Å². The Bertz CT molecular complexity index is 380. The molecule has 1 atom stereocenters. The van der Waals surface area contributed by atoms with Crippen LogP contribution in [0.5, 0.6) is 5.75 Å². The molecule has 0 radical (unpaired) electrons. The maximum atomic E-state index is 6.07. The third kappa shape index (κ3) is 4.58. The van der Waals surface area contributed by atoms with Gasteiger partial charge in [-0.3, -0.25) is 0 Å². The zero-order valence-corrected chi connectivity index (χ0v) is 11.6. The van der Waals surface area contributed by atoms with E-state index in [1.807, 2.05) is 38.3 Å². The summed E-state index contributed by atoms with van der Waals surface area (Å²) in [6.07, 6.45) is 4.86. The zero-order valence-electron chi connectivity index (χ0n) is 10.0. The molecule has 94 valence electrons. The van der Waals surface area contributed by atoms with E-state index in [0.717, 1.165) is 13.0 Å². The third-order valence-electron chi connectivity index (χ3n) is 2.28. The average Bonchev–Trinajstić information content (AvgIpc) is 2.32. The minimum absolute atomic E-state index is 0.00316. The van der Waals surface area contributed by atoms with E-state index in [1.54, 1.807) is 6.07 Å². The quantitative estimate of drug-likeness (QED) is 0.794. The van der Waals surface area contributed by atoms with Gasteiger partial charge >= 0.3 is 0 Å². The molecule has 0 aliphatic rings. The maximum absolute atomic E-state index is 6.07. The van der Waals surface area contributed by atoms with E-state index in [-0.39, 0.29) is 6.10 Å². The summed E-state index contributed by atoms with van der Waals surface area (Å²) in [7, 11) is 1.92. The molecule has 0 spiro atoms. The molecule has 0 amide bonds. The van der Waals surface area contributed by atoms with Crippen LogP contribution in [0.15, 0.2) is 30.4 Å². The Labute approximate surface area is 113 Å². The van der Waals surface area contributed by atoms with Crippen molar-refractivity contribution in [3.05, 3.63) is 40.4 Å². The molecule has 0 saturated carbocycles. The molecule has 1 aromatic carbocycles. The Morgan fingerprint density at radius 2 is 2.18 bits per heavy atom. The number of allylic oxidation sites excluding steroid dienone is 1. The second-order valence-corrected chi connectivity index (χ2v) is 4.41. The summed E-state index contributed by atoms with van der Waals surface area (Å²) in [5, 5.41) is 4.07. The van der Waals surface area contributed by atoms with Crippen molar-refractivity contribution in [2.24, 2.45) is 0 Å². The molecule has 0 bridgehead atoms. The van der Waals surface area contributed by atoms with Crippen LogP contribution in [0.4, 0.5) is 0 Å². The summed E-state index contributed by atoms with van der Waals surface area (Å²) in [6.45, 7) is 2.85. The number of hydrogen-bond acceptors (Lipinski definition) is 2. The number of rotatable bonds is 6. The van der Waals surface area contributed by atoms with E-state index in [4.69, 9.17) is 27.9 Å². The first-order chi connectivity index (χ1) is 8.19. The second kappa shape index (κ2) is 7.59. The largest absolute Gasteiger partial charge is 0.485 e. The topological polar surface area (TPSA) is 21.3 Å². The Balaban J connectivity index is 2.74. The van der Waals surface area contributed by atoms with Crippen LogP contribution in [0.25, 0.3) is 0 Å². The van der Waals surface area contributed by atoms with E-state index < -0.39 is 0 Å². The van der Waals surface area contributed by atoms with Gasteiger partial charge in [-0.25, -0.2) is 0 Å². The first-order valence-electron chi connectivity index (χ1n) is 5.57. The monoisotopic (exact) mass is 273 g/mol. The minimum atomic E-state index is 0.00316. The summed E-state index contributed by atoms with van der Waals surface area (Å²) in [5.41, 5.74) is 0. The molecule has 0 aromatic heterocycles. The van der Waals surface area contributed by atoms with Gasteiger partial charge in [0.05, 0.1) is 5.02 Å². The van der Waals surface area contributed by atoms with Crippen LogP contribution in [0, 0.1) is 0 Å². The van der Waals surface area contributed by atoms with Crippen LogP contribution in [0.2, 0.25) is 10.0 Å². The van der Waals surface area contributed by atoms with E-state index in [9.17, 15) is 0 Å². The van der Waals surface area contributed by atoms with Gasteiger partial charge in [-0.05, 0) is 38.7 Å². The highest BCUT2D eigenvalue weighted by molar-refractivity contribution is 6.42. The molecule has 1 N–H and O–H groups in total. The molecular weight excluding hydrogens is 257 g/mol. The van der Waals surface area contributed by atoms with E-state index >= 15 is 0 Å². The Hall–Kier alpha value is -0.700. The molecule has 0 aliphatic carbocycles. The highest BCUT2D eigenvalue weighted by atomic mass is 35.5. The van der Waals surface area contributed by atoms with Crippen molar-refractivity contribution in [2.75, 3.05) is 13.6 Å². The third-order valence-corrected chi connectivity index (χ3v) is 3.08. The SMILES string of the molecule is C/C=C/C(CCNC)Oc1cccc(Cl)c1Cl. The van der Waals surface area contributed by atoms with Crippen molar-refractivity contribution in [1.82, 2.24) is 5.32 Å². The summed E-state index contributed by atoms with van der Waals surface area (Å²) in [4.78, 5) is 0. The summed E-state index contributed by atoms with van der Waals surface area (Å²) in [6, 6.07) is 5.40. The van der Waals surface area contributed by atoms with Crippen LogP contribution in [0.3, 0.4) is 0 Å². The molecule has 0 aliphatic heterocycles. The van der Waals surface area contributed by atoms with Crippen molar-refractivity contribution < 1.29 is 4.74 Å². The number of ether oxygens (including phenoxy) is 1. The van der Waals surface area contributed by atoms with Crippen molar-refractivity contribution in [3.63, 3.8) is 0 Å². The summed E-state index contributed by atoms with van der Waals surface area (Å²) >= 11 is 12.0. The lowest BCUT2D eigenvalue weighted by atomic mass is 10.2. The molecule has 1 unspecified atom stereocenters. The lowest BCUT2D eigenvalue weighted by Gasteiger charge is -2.17. The van der Waals surface area contributed by atoms with Gasteiger partial charge < -0.3 is 10.1 Å². The fraction of sp³-hybridized carbons (Fsp3) is 0.385. The lowest BCUT2D eigenvalue weighted by Crippen LogP contribution is -2.20. The van der Waals surface area contributed by atoms with Gasteiger partial charge in [-0.2, -0.15) is 0 Å². The van der Waals surface area contributed by atoms with Crippen LogP contribution < -0.4 is 10.1 Å². The molecular formula is C13H17Cl2NO. The van der Waals surface area contributed by atoms with E-state index in [0.29, 0.717) is 15.8 Å². The Morgan fingerprint density at radius 1 is 1.41 bits per heavy atom. The van der Waals surface area contributed by atoms with Crippen LogP contribution >= 0.6 is 23.2 Å². The fourth-order valence-electron chi connectivity index (χ4n) is 1.43. The van der Waals surface area contributed by atoms with Crippen molar-refractivity contribution in [1.29, 1.82) is 0 Å². The summed E-state index contributed by atoms with van der Waals surface area (Å²) in [5.74, 6) is 0.623. The number of halogens is 2. The molecule has 0 heterocycles. The standard InChI is InChI=1S/C13H17Cl2NO/c1-3-5-10(8-9-16-2)17-12-7-4-6-11(14)13(12)15/h3-7,10,16H,8-9H2,1-2H3/b5-3+. The maximum Gasteiger partial charge on any atom is 0.140 e. The molecule has 1 rings (SSSR count). The predicted molar refractivity (Wildman–Crippen MR) is 74.2 cm³/mol. The lowest BCUT2D eigenvalue weighted by molar-refractivity contribution is 0.238. The molecule has 4 heteroatoms. The van der Waals surface area contributed by atoms with Gasteiger partial charge in [0, 0.05) is 6.42 Å². The normalized spacial score (nSPS) is 12.9. The van der Waals surface area contributed by atoms with Crippen LogP contribution in [0.1, 0.15) is 13.3 Å². The first-order valence-corrected chi connectivity index (χ1v) is 6.32. The highest BCUT2D eigenvalue weighted by Gasteiger charge is 2.10. The molecule has 0 saturated heterocycles. The Kier molecular flexibility index (Phi) is 6.41. The molecule has 1 aromatic rings. The first kappa shape index (κ1) is 14.4. The second-order valence-electron chi connectivity index (χ2n) is 3.63. The molecule has 0 fully saturated rings. The van der Waals surface area contributed by atoms with Gasteiger partial charge in [-0.15, -0.1) is 0 Å². The Morgan fingerprint density at radius 3 is 2.82 bits per heavy atom. The van der Waals surface area contributed by atoms with E-state index in [2.05, 4.69) is 5.32 Å². The molecule has 2 nitrogen and oxygen atoms in total. The summed E-state index contributed by atoms with van der Waals surface area (Å²) < 4.78 is 5.83. The fourth-order valence-corrected chi connectivity index (χ4v) is 1.77. The molecule has 17 heavy (non-hydrogen) atoms. The van der Waals surface area contributed by atoms with Crippen molar-refractivity contribution in [3.8, 4) is 5.75 Å². The number of hydrogen-bond donors (Lipinski definition) is 1. The zero-order chi connectivity index (χ0) is 12.7. The van der Waals surface area contributed by atoms with Gasteiger partial charge in [0.25, 0.3) is 0 Å². The number of nitrogens with one attached hydrogen (secondary N) is 1. The van der Waals surface area contributed by atoms with Crippen LogP contribution in [-0.4, -0.2) is 19.7 Å². The minimum Gasteiger partial charge on any atom is -0.485 e. The van der Waals surface area contributed by atoms with Crippen LogP contribution in [-0.2, 0) is 0 Å². The van der Waals surface area contributed by atoms with Gasteiger partial charge in [0.1, 0.15) is 16.9 Å². The number of benzene rings is 1. The highest BCUT2D eigenvalue weighted by Crippen LogP contribution is 2.32. The average molecular weight is 274 g/mol. The predicted octanol–water partition coefficient (Wildman–Crippen LogP) is 3.93. The van der Waals surface area contributed by atoms with Gasteiger partial charge in [-0.1, -0.05) is 35.3 Å². The van der Waals surface area contributed by atoms with Crippen molar-refractivity contribution in [2.45, 2.75) is 19.4 Å². The van der Waals surface area contributed by atoms with Crippen molar-refractivity contribution >= 4 is 23.2 Å². The van der Waals surface area contributed by atoms with Gasteiger partial charge in [0.2, 0.25) is 0 Å². The smallest absolute Gasteiger partial charge is 0.140 e. The van der Waals surface area contributed by atoms with Gasteiger partial charge in [0.15, 0.2) is 0 Å².